The molecule has 124 valence electrons. The number of nitrogens with zero attached hydrogens (tertiary/aromatic N) is 3. The molecule has 2 N–H and O–H groups in total. The molecule has 1 aromatic carbocycles. The van der Waals surface area contributed by atoms with E-state index >= 15 is 0 Å². The predicted octanol–water partition coefficient (Wildman–Crippen LogP) is 3.42. The summed E-state index contributed by atoms with van der Waals surface area (Å²) in [5.41, 5.74) is 0.893. The van der Waals surface area contributed by atoms with Crippen LogP contribution in [0.3, 0.4) is 0 Å². The zero-order valence-corrected chi connectivity index (χ0v) is 13.5. The average molecular weight is 327 g/mol. The van der Waals surface area contributed by atoms with E-state index in [-0.39, 0.29) is 17.6 Å². The summed E-state index contributed by atoms with van der Waals surface area (Å²) in [6, 6.07) is 10.3. The number of azo groups is 1. The number of methoxy groups -OCH3 is 1. The van der Waals surface area contributed by atoms with Gasteiger partial charge >= 0.3 is 0 Å². The van der Waals surface area contributed by atoms with Crippen LogP contribution < -0.4 is 15.4 Å². The van der Waals surface area contributed by atoms with E-state index in [4.69, 9.17) is 4.74 Å². The molecule has 0 aliphatic heterocycles. The summed E-state index contributed by atoms with van der Waals surface area (Å²) in [7, 11) is 1.54. The lowest BCUT2D eigenvalue weighted by Gasteiger charge is -2.08. The lowest BCUT2D eigenvalue weighted by Crippen LogP contribution is -2.11. The Morgan fingerprint density at radius 3 is 2.29 bits per heavy atom. The smallest absolute Gasteiger partial charge is 0.222 e. The summed E-state index contributed by atoms with van der Waals surface area (Å²) in [5, 5.41) is 13.4. The lowest BCUT2D eigenvalue weighted by molar-refractivity contribution is -0.115. The first-order valence-electron chi connectivity index (χ1n) is 7.10. The number of hydrogen-bond donors (Lipinski definition) is 2. The average Bonchev–Trinajstić information content (AvgIpc) is 2.53. The Morgan fingerprint density at radius 2 is 1.62 bits per heavy atom. The first kappa shape index (κ1) is 17.1. The van der Waals surface area contributed by atoms with Crippen LogP contribution in [-0.4, -0.2) is 23.9 Å². The fourth-order valence-corrected chi connectivity index (χ4v) is 1.86. The number of benzene rings is 1. The Kier molecular flexibility index (Phi) is 5.56. The summed E-state index contributed by atoms with van der Waals surface area (Å²) in [5.74, 6) is 0.510. The van der Waals surface area contributed by atoms with Crippen molar-refractivity contribution in [3.05, 3.63) is 36.4 Å². The van der Waals surface area contributed by atoms with Crippen molar-refractivity contribution >= 4 is 34.8 Å². The van der Waals surface area contributed by atoms with Gasteiger partial charge < -0.3 is 15.4 Å². The summed E-state index contributed by atoms with van der Waals surface area (Å²) in [6.07, 6.45) is 0. The van der Waals surface area contributed by atoms with Crippen molar-refractivity contribution in [2.75, 3.05) is 17.7 Å². The maximum Gasteiger partial charge on any atom is 0.222 e. The molecular formula is C16H17N5O3. The third-order valence-electron chi connectivity index (χ3n) is 2.82. The summed E-state index contributed by atoms with van der Waals surface area (Å²) in [4.78, 5) is 26.6. The number of amides is 2. The van der Waals surface area contributed by atoms with Crippen LogP contribution in [0, 0.1) is 0 Å². The lowest BCUT2D eigenvalue weighted by atomic mass is 10.3. The molecule has 2 amide bonds. The van der Waals surface area contributed by atoms with E-state index in [0.717, 1.165) is 0 Å². The van der Waals surface area contributed by atoms with E-state index in [1.54, 1.807) is 31.4 Å². The second kappa shape index (κ2) is 7.82. The minimum atomic E-state index is -0.309. The third kappa shape index (κ3) is 4.60. The second-order valence-corrected chi connectivity index (χ2v) is 4.80. The highest BCUT2D eigenvalue weighted by Gasteiger charge is 2.09. The molecule has 0 saturated heterocycles. The van der Waals surface area contributed by atoms with Crippen molar-refractivity contribution in [2.45, 2.75) is 13.8 Å². The van der Waals surface area contributed by atoms with Crippen LogP contribution in [0.1, 0.15) is 13.8 Å². The van der Waals surface area contributed by atoms with Gasteiger partial charge in [0.05, 0.1) is 7.11 Å². The molecule has 8 heteroatoms. The topological polar surface area (TPSA) is 105 Å². The zero-order valence-electron chi connectivity index (χ0n) is 13.5. The quantitative estimate of drug-likeness (QED) is 0.821. The Balaban J connectivity index is 2.35. The fraction of sp³-hybridized carbons (Fsp3) is 0.188. The molecule has 0 bridgehead atoms. The minimum Gasteiger partial charge on any atom is -0.494 e. The number of aromatic nitrogens is 1. The van der Waals surface area contributed by atoms with E-state index in [9.17, 15) is 9.59 Å². The van der Waals surface area contributed by atoms with E-state index in [0.29, 0.717) is 22.9 Å². The number of anilines is 2. The van der Waals surface area contributed by atoms with Crippen molar-refractivity contribution in [3.63, 3.8) is 0 Å². The maximum absolute atomic E-state index is 11.3. The molecule has 0 saturated carbocycles. The highest BCUT2D eigenvalue weighted by molar-refractivity contribution is 5.92. The molecule has 2 rings (SSSR count). The van der Waals surface area contributed by atoms with Crippen molar-refractivity contribution in [2.24, 2.45) is 10.2 Å². The number of rotatable bonds is 5. The molecule has 8 nitrogen and oxygen atoms in total. The van der Waals surface area contributed by atoms with Gasteiger partial charge in [0.25, 0.3) is 0 Å². The van der Waals surface area contributed by atoms with Gasteiger partial charge in [-0.3, -0.25) is 9.59 Å². The van der Waals surface area contributed by atoms with Crippen molar-refractivity contribution in [1.29, 1.82) is 0 Å². The van der Waals surface area contributed by atoms with Gasteiger partial charge in [-0.15, -0.1) is 10.2 Å². The molecule has 0 aliphatic rings. The molecular weight excluding hydrogens is 310 g/mol. The number of hydrogen-bond acceptors (Lipinski definition) is 6. The monoisotopic (exact) mass is 327 g/mol. The van der Waals surface area contributed by atoms with Gasteiger partial charge in [0.2, 0.25) is 11.8 Å². The number of pyridine rings is 1. The third-order valence-corrected chi connectivity index (χ3v) is 2.82. The summed E-state index contributed by atoms with van der Waals surface area (Å²) < 4.78 is 5.20. The van der Waals surface area contributed by atoms with Crippen LogP contribution in [0.2, 0.25) is 0 Å². The standard InChI is InChI=1S/C16H17N5O3/c1-10(22)17-15-9-8-13(16(19-15)18-11(2)23)21-20-12-6-4-5-7-14(12)24-3/h4-9H,1-3H3,(H2,17,18,19,22,23)/b21-20+. The Bertz CT molecular complexity index is 789. The van der Waals surface area contributed by atoms with Gasteiger partial charge in [-0.05, 0) is 24.3 Å². The number of para-hydroxylation sites is 1. The van der Waals surface area contributed by atoms with Gasteiger partial charge in [-0.1, -0.05) is 12.1 Å². The molecule has 0 radical (unpaired) electrons. The summed E-state index contributed by atoms with van der Waals surface area (Å²) >= 11 is 0. The minimum absolute atomic E-state index is 0.201. The first-order chi connectivity index (χ1) is 11.5. The summed E-state index contributed by atoms with van der Waals surface area (Å²) in [6.45, 7) is 2.73. The van der Waals surface area contributed by atoms with Crippen LogP contribution in [-0.2, 0) is 9.59 Å². The van der Waals surface area contributed by atoms with Crippen molar-refractivity contribution < 1.29 is 14.3 Å². The molecule has 1 heterocycles. The molecule has 0 atom stereocenters. The molecule has 0 spiro atoms. The Morgan fingerprint density at radius 1 is 0.958 bits per heavy atom. The predicted molar refractivity (Wildman–Crippen MR) is 90.0 cm³/mol. The normalized spacial score (nSPS) is 10.5. The van der Waals surface area contributed by atoms with Gasteiger partial charge in [0.15, 0.2) is 5.82 Å². The molecule has 2 aromatic rings. The van der Waals surface area contributed by atoms with Crippen LogP contribution >= 0.6 is 0 Å². The largest absolute Gasteiger partial charge is 0.494 e. The first-order valence-corrected chi connectivity index (χ1v) is 7.10. The van der Waals surface area contributed by atoms with Crippen LogP contribution in [0.25, 0.3) is 0 Å². The molecule has 0 aliphatic carbocycles. The highest BCUT2D eigenvalue weighted by Crippen LogP contribution is 2.31. The number of carbonyl (C=O) groups excluding carboxylic acids is 2. The zero-order chi connectivity index (χ0) is 17.5. The molecule has 24 heavy (non-hydrogen) atoms. The second-order valence-electron chi connectivity index (χ2n) is 4.80. The Labute approximate surface area is 139 Å². The van der Waals surface area contributed by atoms with Gasteiger partial charge in [-0.25, -0.2) is 4.98 Å². The molecule has 0 fully saturated rings. The van der Waals surface area contributed by atoms with Gasteiger partial charge in [0, 0.05) is 13.8 Å². The van der Waals surface area contributed by atoms with Crippen LogP contribution in [0.5, 0.6) is 5.75 Å². The van der Waals surface area contributed by atoms with Crippen molar-refractivity contribution in [1.82, 2.24) is 4.98 Å². The maximum atomic E-state index is 11.3. The van der Waals surface area contributed by atoms with Crippen LogP contribution in [0.15, 0.2) is 46.6 Å². The van der Waals surface area contributed by atoms with E-state index in [2.05, 4.69) is 25.8 Å². The molecule has 1 aromatic heterocycles. The fourth-order valence-electron chi connectivity index (χ4n) is 1.86. The Hall–Kier alpha value is -3.29. The van der Waals surface area contributed by atoms with Crippen molar-refractivity contribution in [3.8, 4) is 5.75 Å². The van der Waals surface area contributed by atoms with Crippen LogP contribution in [0.4, 0.5) is 23.0 Å². The highest BCUT2D eigenvalue weighted by atomic mass is 16.5. The van der Waals surface area contributed by atoms with Gasteiger partial charge in [0.1, 0.15) is 22.9 Å². The van der Waals surface area contributed by atoms with Gasteiger partial charge in [-0.2, -0.15) is 0 Å². The van der Waals surface area contributed by atoms with E-state index in [1.807, 2.05) is 12.1 Å². The number of carbonyl (C=O) groups is 2. The number of nitrogens with one attached hydrogen (secondary N) is 2. The van der Waals surface area contributed by atoms with E-state index in [1.165, 1.54) is 13.8 Å². The SMILES string of the molecule is COc1ccccc1/N=N/c1ccc(NC(C)=O)nc1NC(C)=O. The van der Waals surface area contributed by atoms with E-state index < -0.39 is 0 Å². The number of ether oxygens (including phenoxy) is 1. The molecule has 0 unspecified atom stereocenters.